The molecule has 0 saturated carbocycles. The van der Waals surface area contributed by atoms with E-state index in [1.54, 1.807) is 12.1 Å². The molecule has 3 aromatic carbocycles. The van der Waals surface area contributed by atoms with Crippen molar-refractivity contribution in [2.24, 2.45) is 0 Å². The molecule has 6 nitrogen and oxygen atoms in total. The Bertz CT molecular complexity index is 1670. The molecule has 3 heterocycles. The van der Waals surface area contributed by atoms with E-state index in [2.05, 4.69) is 33.0 Å². The van der Waals surface area contributed by atoms with E-state index in [0.717, 1.165) is 21.0 Å². The summed E-state index contributed by atoms with van der Waals surface area (Å²) in [5.41, 5.74) is 2.58. The van der Waals surface area contributed by atoms with Gasteiger partial charge in [0, 0.05) is 40.0 Å². The first-order valence-electron chi connectivity index (χ1n) is 10.8. The molecule has 0 amide bonds. The maximum Gasteiger partial charge on any atom is 0.344 e. The highest BCUT2D eigenvalue weighted by atomic mass is 79.9. The van der Waals surface area contributed by atoms with Crippen molar-refractivity contribution in [2.75, 3.05) is 6.73 Å². The van der Waals surface area contributed by atoms with Crippen molar-refractivity contribution < 1.29 is 13.6 Å². The SMILES string of the molecule is O=c1cc(-c2cc3cc(Br)ccc3oc2=O)c2ccc3c(c2o1)CN(Cc1ccccc1)CO3. The van der Waals surface area contributed by atoms with E-state index >= 15 is 0 Å². The van der Waals surface area contributed by atoms with Crippen LogP contribution in [0.2, 0.25) is 0 Å². The summed E-state index contributed by atoms with van der Waals surface area (Å²) >= 11 is 3.45. The molecular weight excluding hydrogens is 498 g/mol. The Morgan fingerprint density at radius 3 is 2.59 bits per heavy atom. The number of nitrogens with zero attached hydrogens (tertiary/aromatic N) is 1. The zero-order chi connectivity index (χ0) is 23.2. The van der Waals surface area contributed by atoms with E-state index in [0.29, 0.717) is 53.2 Å². The average molecular weight is 516 g/mol. The third kappa shape index (κ3) is 3.73. The van der Waals surface area contributed by atoms with Gasteiger partial charge in [-0.05, 0) is 42.0 Å². The van der Waals surface area contributed by atoms with Gasteiger partial charge in [0.15, 0.2) is 0 Å². The lowest BCUT2D eigenvalue weighted by atomic mass is 9.99. The molecule has 1 aliphatic rings. The Morgan fingerprint density at radius 1 is 0.882 bits per heavy atom. The predicted octanol–water partition coefficient (Wildman–Crippen LogP) is 5.68. The molecule has 2 aromatic heterocycles. The Labute approximate surface area is 202 Å². The lowest BCUT2D eigenvalue weighted by Crippen LogP contribution is -2.31. The highest BCUT2D eigenvalue weighted by Gasteiger charge is 2.24. The monoisotopic (exact) mass is 515 g/mol. The second-order valence-electron chi connectivity index (χ2n) is 8.27. The lowest BCUT2D eigenvalue weighted by Gasteiger charge is -2.29. The summed E-state index contributed by atoms with van der Waals surface area (Å²) in [5, 5.41) is 1.41. The number of hydrogen-bond donors (Lipinski definition) is 0. The molecule has 5 aromatic rings. The van der Waals surface area contributed by atoms with Crippen molar-refractivity contribution in [1.29, 1.82) is 0 Å². The first-order valence-corrected chi connectivity index (χ1v) is 11.6. The Hall–Kier alpha value is -3.68. The maximum absolute atomic E-state index is 12.9. The summed E-state index contributed by atoms with van der Waals surface area (Å²) in [7, 11) is 0. The van der Waals surface area contributed by atoms with Gasteiger partial charge in [-0.1, -0.05) is 46.3 Å². The Kier molecular flexibility index (Phi) is 5.08. The third-order valence-electron chi connectivity index (χ3n) is 5.99. The molecule has 1 aliphatic heterocycles. The normalized spacial score (nSPS) is 13.7. The highest BCUT2D eigenvalue weighted by Crippen LogP contribution is 2.36. The fourth-order valence-electron chi connectivity index (χ4n) is 4.43. The van der Waals surface area contributed by atoms with E-state index in [4.69, 9.17) is 13.6 Å². The molecule has 0 saturated heterocycles. The van der Waals surface area contributed by atoms with Crippen LogP contribution in [0.25, 0.3) is 33.1 Å². The van der Waals surface area contributed by atoms with Gasteiger partial charge < -0.3 is 13.6 Å². The van der Waals surface area contributed by atoms with Crippen LogP contribution in [0.4, 0.5) is 0 Å². The summed E-state index contributed by atoms with van der Waals surface area (Å²) in [6, 6.07) is 22.3. The molecule has 0 aliphatic carbocycles. The van der Waals surface area contributed by atoms with Gasteiger partial charge in [0.25, 0.3) is 0 Å². The standard InChI is InChI=1S/C27H18BrNO5/c28-18-6-8-23-17(10-18)11-21(27(31)33-23)20-12-25(30)34-26-19(20)7-9-24-22(26)14-29(15-32-24)13-16-4-2-1-3-5-16/h1-12H,13-15H2. The topological polar surface area (TPSA) is 72.9 Å². The van der Waals surface area contributed by atoms with Gasteiger partial charge in [-0.25, -0.2) is 9.59 Å². The molecule has 7 heteroatoms. The summed E-state index contributed by atoms with van der Waals surface area (Å²) in [6.07, 6.45) is 0. The molecule has 34 heavy (non-hydrogen) atoms. The van der Waals surface area contributed by atoms with Crippen molar-refractivity contribution in [3.63, 3.8) is 0 Å². The van der Waals surface area contributed by atoms with Crippen LogP contribution in [0.3, 0.4) is 0 Å². The first kappa shape index (κ1) is 20.9. The molecular formula is C27H18BrNO5. The molecule has 0 atom stereocenters. The van der Waals surface area contributed by atoms with Crippen LogP contribution in [0.5, 0.6) is 5.75 Å². The highest BCUT2D eigenvalue weighted by molar-refractivity contribution is 9.10. The van der Waals surface area contributed by atoms with Crippen molar-refractivity contribution in [3.8, 4) is 16.9 Å². The van der Waals surface area contributed by atoms with Crippen molar-refractivity contribution in [1.82, 2.24) is 4.90 Å². The first-order chi connectivity index (χ1) is 16.5. The number of benzene rings is 3. The van der Waals surface area contributed by atoms with Crippen LogP contribution in [0, 0.1) is 0 Å². The van der Waals surface area contributed by atoms with Crippen LogP contribution < -0.4 is 16.0 Å². The number of ether oxygens (including phenoxy) is 1. The van der Waals surface area contributed by atoms with E-state index < -0.39 is 11.3 Å². The van der Waals surface area contributed by atoms with Gasteiger partial charge in [0.05, 0.1) is 11.1 Å². The van der Waals surface area contributed by atoms with E-state index in [1.165, 1.54) is 6.07 Å². The second kappa shape index (κ2) is 8.27. The number of hydrogen-bond acceptors (Lipinski definition) is 6. The van der Waals surface area contributed by atoms with E-state index in [-0.39, 0.29) is 0 Å². The minimum absolute atomic E-state index is 0.307. The summed E-state index contributed by atoms with van der Waals surface area (Å²) in [6.45, 7) is 1.68. The number of halogens is 1. The van der Waals surface area contributed by atoms with Gasteiger partial charge >= 0.3 is 11.3 Å². The average Bonchev–Trinajstić information content (AvgIpc) is 2.84. The molecule has 0 spiro atoms. The molecule has 0 bridgehead atoms. The van der Waals surface area contributed by atoms with Gasteiger partial charge in [0.2, 0.25) is 0 Å². The van der Waals surface area contributed by atoms with Crippen LogP contribution >= 0.6 is 15.9 Å². The van der Waals surface area contributed by atoms with Crippen LogP contribution in [0.15, 0.2) is 95.7 Å². The van der Waals surface area contributed by atoms with E-state index in [1.807, 2.05) is 42.5 Å². The van der Waals surface area contributed by atoms with Gasteiger partial charge in [-0.15, -0.1) is 0 Å². The molecule has 0 fully saturated rings. The van der Waals surface area contributed by atoms with E-state index in [9.17, 15) is 9.59 Å². The quantitative estimate of drug-likeness (QED) is 0.288. The summed E-state index contributed by atoms with van der Waals surface area (Å²) in [5.74, 6) is 0.673. The lowest BCUT2D eigenvalue weighted by molar-refractivity contribution is 0.0890. The predicted molar refractivity (Wildman–Crippen MR) is 133 cm³/mol. The van der Waals surface area contributed by atoms with Crippen LogP contribution in [-0.4, -0.2) is 11.6 Å². The van der Waals surface area contributed by atoms with Crippen LogP contribution in [-0.2, 0) is 13.1 Å². The molecule has 0 radical (unpaired) electrons. The van der Waals surface area contributed by atoms with Gasteiger partial charge in [-0.3, -0.25) is 4.90 Å². The molecule has 0 unspecified atom stereocenters. The number of fused-ring (bicyclic) bond motifs is 4. The maximum atomic E-state index is 12.9. The van der Waals surface area contributed by atoms with Crippen molar-refractivity contribution in [3.05, 3.63) is 109 Å². The molecule has 168 valence electrons. The number of rotatable bonds is 3. The summed E-state index contributed by atoms with van der Waals surface area (Å²) < 4.78 is 18.0. The summed E-state index contributed by atoms with van der Waals surface area (Å²) in [4.78, 5) is 27.6. The molecule has 6 rings (SSSR count). The zero-order valence-electron chi connectivity index (χ0n) is 17.9. The van der Waals surface area contributed by atoms with Crippen molar-refractivity contribution in [2.45, 2.75) is 13.1 Å². The van der Waals surface area contributed by atoms with Crippen LogP contribution in [0.1, 0.15) is 11.1 Å². The minimum atomic E-state index is -0.537. The van der Waals surface area contributed by atoms with Crippen molar-refractivity contribution >= 4 is 37.9 Å². The second-order valence-corrected chi connectivity index (χ2v) is 9.19. The fraction of sp³-hybridized carbons (Fsp3) is 0.111. The third-order valence-corrected chi connectivity index (χ3v) is 6.48. The fourth-order valence-corrected chi connectivity index (χ4v) is 4.81. The smallest absolute Gasteiger partial charge is 0.344 e. The Morgan fingerprint density at radius 2 is 1.74 bits per heavy atom. The Balaban J connectivity index is 1.49. The minimum Gasteiger partial charge on any atom is -0.478 e. The largest absolute Gasteiger partial charge is 0.478 e. The zero-order valence-corrected chi connectivity index (χ0v) is 19.5. The van der Waals surface area contributed by atoms with Gasteiger partial charge in [-0.2, -0.15) is 0 Å². The molecule has 0 N–H and O–H groups in total. The van der Waals surface area contributed by atoms with Gasteiger partial charge in [0.1, 0.15) is 23.6 Å².